The molecule has 2 heterocycles. The number of likely N-dealkylation sites (tertiary alicyclic amines) is 1. The van der Waals surface area contributed by atoms with Crippen molar-refractivity contribution in [2.24, 2.45) is 13.0 Å². The molecule has 2 rings (SSSR count). The van der Waals surface area contributed by atoms with Crippen LogP contribution in [0.15, 0.2) is 12.4 Å². The molecule has 1 aromatic heterocycles. The number of nitrogens with zero attached hydrogens (tertiary/aromatic N) is 3. The lowest BCUT2D eigenvalue weighted by Crippen LogP contribution is -2.45. The first kappa shape index (κ1) is 16.0. The maximum absolute atomic E-state index is 12.2. The summed E-state index contributed by atoms with van der Waals surface area (Å²) in [6, 6.07) is 0.534. The van der Waals surface area contributed by atoms with Crippen molar-refractivity contribution in [3.63, 3.8) is 0 Å². The first-order valence-corrected chi connectivity index (χ1v) is 8.05. The lowest BCUT2D eigenvalue weighted by Gasteiger charge is -2.34. The van der Waals surface area contributed by atoms with Crippen molar-refractivity contribution in [3.8, 4) is 0 Å². The minimum atomic E-state index is 0.166. The lowest BCUT2D eigenvalue weighted by molar-refractivity contribution is -0.126. The van der Waals surface area contributed by atoms with Gasteiger partial charge in [-0.2, -0.15) is 5.10 Å². The van der Waals surface area contributed by atoms with E-state index < -0.39 is 0 Å². The Kier molecular flexibility index (Phi) is 5.79. The van der Waals surface area contributed by atoms with E-state index in [1.807, 2.05) is 24.1 Å². The summed E-state index contributed by atoms with van der Waals surface area (Å²) in [6.07, 6.45) is 8.02. The van der Waals surface area contributed by atoms with Gasteiger partial charge in [0, 0.05) is 32.4 Å². The van der Waals surface area contributed by atoms with Gasteiger partial charge in [0.25, 0.3) is 0 Å². The highest BCUT2D eigenvalue weighted by Gasteiger charge is 2.26. The zero-order valence-corrected chi connectivity index (χ0v) is 13.5. The van der Waals surface area contributed by atoms with Crippen LogP contribution in [0.4, 0.5) is 0 Å². The average molecular weight is 292 g/mol. The van der Waals surface area contributed by atoms with E-state index in [1.165, 1.54) is 5.56 Å². The first-order valence-electron chi connectivity index (χ1n) is 8.05. The van der Waals surface area contributed by atoms with Gasteiger partial charge in [0.2, 0.25) is 5.91 Å². The van der Waals surface area contributed by atoms with Crippen molar-refractivity contribution < 1.29 is 4.79 Å². The van der Waals surface area contributed by atoms with Gasteiger partial charge in [-0.15, -0.1) is 0 Å². The first-order chi connectivity index (χ1) is 10.1. The number of hydrogen-bond donors (Lipinski definition) is 1. The summed E-state index contributed by atoms with van der Waals surface area (Å²) in [7, 11) is 1.93. The maximum Gasteiger partial charge on any atom is 0.224 e. The van der Waals surface area contributed by atoms with Gasteiger partial charge in [0.15, 0.2) is 0 Å². The molecule has 0 radical (unpaired) electrons. The van der Waals surface area contributed by atoms with Gasteiger partial charge in [-0.25, -0.2) is 0 Å². The average Bonchev–Trinajstić information content (AvgIpc) is 2.89. The monoisotopic (exact) mass is 292 g/mol. The molecule has 1 aliphatic heterocycles. The molecule has 5 nitrogen and oxygen atoms in total. The zero-order valence-electron chi connectivity index (χ0n) is 13.5. The number of aromatic nitrogens is 2. The third-order valence-electron chi connectivity index (χ3n) is 4.25. The van der Waals surface area contributed by atoms with Crippen LogP contribution in [0.25, 0.3) is 0 Å². The number of nitrogens with one attached hydrogen (secondary N) is 1. The van der Waals surface area contributed by atoms with Crippen LogP contribution in [-0.4, -0.2) is 46.3 Å². The molecule has 1 fully saturated rings. The molecule has 0 saturated carbocycles. The van der Waals surface area contributed by atoms with Crippen LogP contribution >= 0.6 is 0 Å². The Morgan fingerprint density at radius 2 is 2.33 bits per heavy atom. The number of carbonyl (C=O) groups excluding carboxylic acids is 1. The molecule has 118 valence electrons. The van der Waals surface area contributed by atoms with Crippen molar-refractivity contribution in [3.05, 3.63) is 18.0 Å². The second-order valence-corrected chi connectivity index (χ2v) is 6.34. The third-order valence-corrected chi connectivity index (χ3v) is 4.25. The van der Waals surface area contributed by atoms with Crippen LogP contribution in [-0.2, 0) is 18.3 Å². The van der Waals surface area contributed by atoms with Crippen molar-refractivity contribution in [1.29, 1.82) is 0 Å². The summed E-state index contributed by atoms with van der Waals surface area (Å²) in [5, 5.41) is 7.25. The molecule has 0 unspecified atom stereocenters. The van der Waals surface area contributed by atoms with Crippen molar-refractivity contribution in [2.45, 2.75) is 45.6 Å². The Balaban J connectivity index is 1.67. The summed E-state index contributed by atoms with van der Waals surface area (Å²) < 4.78 is 1.82. The van der Waals surface area contributed by atoms with Crippen LogP contribution < -0.4 is 5.32 Å². The van der Waals surface area contributed by atoms with E-state index >= 15 is 0 Å². The number of rotatable bonds is 6. The summed E-state index contributed by atoms with van der Waals surface area (Å²) >= 11 is 0. The Hall–Kier alpha value is -1.36. The van der Waals surface area contributed by atoms with Crippen LogP contribution in [0.2, 0.25) is 0 Å². The fraction of sp³-hybridized carbons (Fsp3) is 0.750. The molecule has 1 amide bonds. The summed E-state index contributed by atoms with van der Waals surface area (Å²) in [5.41, 5.74) is 1.23. The molecule has 0 aromatic carbocycles. The Labute approximate surface area is 127 Å². The summed E-state index contributed by atoms with van der Waals surface area (Å²) in [5.74, 6) is 0.395. The zero-order chi connectivity index (χ0) is 15.2. The Morgan fingerprint density at radius 3 is 3.00 bits per heavy atom. The molecular formula is C16H28N4O. The minimum Gasteiger partial charge on any atom is -0.356 e. The summed E-state index contributed by atoms with van der Waals surface area (Å²) in [4.78, 5) is 14.6. The van der Waals surface area contributed by atoms with E-state index in [4.69, 9.17) is 0 Å². The van der Waals surface area contributed by atoms with Crippen molar-refractivity contribution >= 4 is 5.91 Å². The fourth-order valence-electron chi connectivity index (χ4n) is 2.94. The van der Waals surface area contributed by atoms with Gasteiger partial charge >= 0.3 is 0 Å². The lowest BCUT2D eigenvalue weighted by atomic mass is 9.96. The number of aryl methyl sites for hydroxylation is 2. The SMILES string of the molecule is CC(C)N1CCC[C@H](C(=O)NCCCc2cnn(C)c2)C1. The molecule has 1 atom stereocenters. The van der Waals surface area contributed by atoms with Crippen LogP contribution in [0.5, 0.6) is 0 Å². The van der Waals surface area contributed by atoms with Crippen molar-refractivity contribution in [1.82, 2.24) is 20.0 Å². The van der Waals surface area contributed by atoms with Gasteiger partial charge in [-0.05, 0) is 51.6 Å². The predicted molar refractivity (Wildman–Crippen MR) is 84.0 cm³/mol. The van der Waals surface area contributed by atoms with Gasteiger partial charge < -0.3 is 10.2 Å². The molecule has 1 aromatic rings. The largest absolute Gasteiger partial charge is 0.356 e. The van der Waals surface area contributed by atoms with Crippen LogP contribution in [0, 0.1) is 5.92 Å². The highest BCUT2D eigenvalue weighted by Crippen LogP contribution is 2.18. The molecule has 1 N–H and O–H groups in total. The van der Waals surface area contributed by atoms with E-state index in [2.05, 4.69) is 29.2 Å². The second-order valence-electron chi connectivity index (χ2n) is 6.34. The molecule has 1 aliphatic rings. The highest BCUT2D eigenvalue weighted by molar-refractivity contribution is 5.78. The molecule has 0 bridgehead atoms. The van der Waals surface area contributed by atoms with E-state index in [0.29, 0.717) is 6.04 Å². The number of carbonyl (C=O) groups is 1. The minimum absolute atomic E-state index is 0.166. The normalized spacial score (nSPS) is 19.9. The molecule has 0 spiro atoms. The van der Waals surface area contributed by atoms with Gasteiger partial charge in [0.1, 0.15) is 0 Å². The number of amides is 1. The second kappa shape index (κ2) is 7.59. The molecule has 1 saturated heterocycles. The highest BCUT2D eigenvalue weighted by atomic mass is 16.1. The van der Waals surface area contributed by atoms with Gasteiger partial charge in [-0.3, -0.25) is 9.48 Å². The molecule has 21 heavy (non-hydrogen) atoms. The van der Waals surface area contributed by atoms with Crippen molar-refractivity contribution in [2.75, 3.05) is 19.6 Å². The standard InChI is InChI=1S/C16H28N4O/c1-13(2)20-9-5-7-15(12-20)16(21)17-8-4-6-14-10-18-19(3)11-14/h10-11,13,15H,4-9,12H2,1-3H3,(H,17,21)/t15-/m0/s1. The molecule has 5 heteroatoms. The molecular weight excluding hydrogens is 264 g/mol. The topological polar surface area (TPSA) is 50.2 Å². The quantitative estimate of drug-likeness (QED) is 0.810. The molecule has 0 aliphatic carbocycles. The smallest absolute Gasteiger partial charge is 0.224 e. The van der Waals surface area contributed by atoms with E-state index in [9.17, 15) is 4.79 Å². The third kappa shape index (κ3) is 4.84. The maximum atomic E-state index is 12.2. The number of hydrogen-bond acceptors (Lipinski definition) is 3. The van der Waals surface area contributed by atoms with Crippen LogP contribution in [0.1, 0.15) is 38.7 Å². The van der Waals surface area contributed by atoms with Gasteiger partial charge in [0.05, 0.1) is 12.1 Å². The van der Waals surface area contributed by atoms with E-state index in [1.54, 1.807) is 0 Å². The van der Waals surface area contributed by atoms with Crippen LogP contribution in [0.3, 0.4) is 0 Å². The van der Waals surface area contributed by atoms with E-state index in [0.717, 1.165) is 45.3 Å². The van der Waals surface area contributed by atoms with E-state index in [-0.39, 0.29) is 11.8 Å². The Morgan fingerprint density at radius 1 is 1.52 bits per heavy atom. The predicted octanol–water partition coefficient (Wildman–Crippen LogP) is 1.59. The number of piperidine rings is 1. The summed E-state index contributed by atoms with van der Waals surface area (Å²) in [6.45, 7) is 7.20. The Bertz CT molecular complexity index is 455. The van der Waals surface area contributed by atoms with Gasteiger partial charge in [-0.1, -0.05) is 0 Å². The fourth-order valence-corrected chi connectivity index (χ4v) is 2.94.